The van der Waals surface area contributed by atoms with Gasteiger partial charge in [-0.2, -0.15) is 0 Å². The molecule has 1 aromatic heterocycles. The van der Waals surface area contributed by atoms with Gasteiger partial charge < -0.3 is 39.2 Å². The summed E-state index contributed by atoms with van der Waals surface area (Å²) in [4.78, 5) is 78.0. The van der Waals surface area contributed by atoms with Crippen LogP contribution in [-0.2, 0) is 55.2 Å². The number of carbonyl (C=O) groups is 5. The topological polar surface area (TPSA) is 193 Å². The second-order valence-corrected chi connectivity index (χ2v) is 16.3. The number of aromatic nitrogens is 1. The summed E-state index contributed by atoms with van der Waals surface area (Å²) in [5, 5.41) is 11.7. The summed E-state index contributed by atoms with van der Waals surface area (Å²) >= 11 is 2.46. The fraction of sp³-hybridized carbons (Fsp3) is 0.229. The van der Waals surface area contributed by atoms with Crippen molar-refractivity contribution in [2.45, 2.75) is 30.5 Å². The van der Waals surface area contributed by atoms with E-state index in [2.05, 4.69) is 15.8 Å². The predicted molar refractivity (Wildman–Crippen MR) is 247 cm³/mol. The number of carbonyl (C=O) groups excluding carboxylic acids is 5. The number of esters is 3. The number of thioether (sulfide) groups is 1. The van der Waals surface area contributed by atoms with Crippen LogP contribution in [0.25, 0.3) is 0 Å². The lowest BCUT2D eigenvalue weighted by Gasteiger charge is -2.49. The van der Waals surface area contributed by atoms with E-state index < -0.39 is 53.3 Å². The van der Waals surface area contributed by atoms with Crippen LogP contribution in [0, 0.1) is 0 Å². The number of nitrogens with one attached hydrogen (secondary N) is 2. The molecule has 18 heteroatoms. The lowest BCUT2D eigenvalue weighted by Crippen LogP contribution is -2.71. The van der Waals surface area contributed by atoms with Crippen LogP contribution in [0.1, 0.15) is 34.9 Å². The summed E-state index contributed by atoms with van der Waals surface area (Å²) < 4.78 is 26.2. The Kier molecular flexibility index (Phi) is 15.2. The van der Waals surface area contributed by atoms with Crippen molar-refractivity contribution in [3.63, 3.8) is 0 Å². The number of fused-ring (bicyclic) bond motifs is 1. The zero-order chi connectivity index (χ0) is 46.6. The molecule has 0 bridgehead atoms. The number of amides is 2. The van der Waals surface area contributed by atoms with Crippen molar-refractivity contribution in [3.8, 4) is 11.5 Å². The van der Waals surface area contributed by atoms with Crippen LogP contribution in [0.4, 0.5) is 5.13 Å². The van der Waals surface area contributed by atoms with Crippen molar-refractivity contribution in [3.05, 3.63) is 166 Å². The number of nitrogens with zero attached hydrogens (tertiary/aromatic N) is 3. The van der Waals surface area contributed by atoms with Crippen LogP contribution in [0.3, 0.4) is 0 Å². The number of methoxy groups -OCH3 is 3. The Balaban J connectivity index is 1.17. The van der Waals surface area contributed by atoms with Crippen LogP contribution in [0.5, 0.6) is 11.5 Å². The molecule has 3 heterocycles. The van der Waals surface area contributed by atoms with Gasteiger partial charge in [0.25, 0.3) is 11.8 Å². The Bertz CT molecular complexity index is 2560. The first kappa shape index (κ1) is 46.5. The Morgan fingerprint density at radius 2 is 1.53 bits per heavy atom. The van der Waals surface area contributed by atoms with Gasteiger partial charge in [0.2, 0.25) is 6.61 Å². The molecule has 0 unspecified atom stereocenters. The van der Waals surface area contributed by atoms with Crippen molar-refractivity contribution in [2.75, 3.05) is 45.6 Å². The highest BCUT2D eigenvalue weighted by Crippen LogP contribution is 2.43. The Morgan fingerprint density at radius 3 is 2.12 bits per heavy atom. The van der Waals surface area contributed by atoms with Gasteiger partial charge in [0.1, 0.15) is 46.5 Å². The van der Waals surface area contributed by atoms with Crippen molar-refractivity contribution in [1.82, 2.24) is 15.2 Å². The predicted octanol–water partition coefficient (Wildman–Crippen LogP) is 5.97. The van der Waals surface area contributed by atoms with E-state index in [9.17, 15) is 24.0 Å². The van der Waals surface area contributed by atoms with Gasteiger partial charge in [-0.15, -0.1) is 23.1 Å². The maximum Gasteiger partial charge on any atom is 0.355 e. The fourth-order valence-corrected chi connectivity index (χ4v) is 9.40. The molecule has 2 N–H and O–H groups in total. The number of β-lactam (4-membered cyclic amide) rings is 1. The molecule has 16 nitrogen and oxygen atoms in total. The Hall–Kier alpha value is -7.44. The first-order valence-corrected chi connectivity index (χ1v) is 22.4. The van der Waals surface area contributed by atoms with E-state index in [0.717, 1.165) is 22.8 Å². The van der Waals surface area contributed by atoms with E-state index in [0.29, 0.717) is 27.8 Å². The van der Waals surface area contributed by atoms with E-state index in [1.807, 2.05) is 91.0 Å². The van der Waals surface area contributed by atoms with E-state index in [1.165, 1.54) is 55.4 Å². The molecular weight excluding hydrogens is 887 g/mol. The molecule has 4 aromatic carbocycles. The van der Waals surface area contributed by atoms with Crippen molar-refractivity contribution in [2.24, 2.45) is 5.16 Å². The smallest absolute Gasteiger partial charge is 0.355 e. The maximum atomic E-state index is 14.3. The minimum absolute atomic E-state index is 0.0835. The molecule has 66 heavy (non-hydrogen) atoms. The molecule has 0 saturated carbocycles. The van der Waals surface area contributed by atoms with Crippen molar-refractivity contribution < 1.29 is 52.5 Å². The van der Waals surface area contributed by atoms with Gasteiger partial charge in [0.05, 0.1) is 27.9 Å². The van der Waals surface area contributed by atoms with Gasteiger partial charge in [0, 0.05) is 28.8 Å². The van der Waals surface area contributed by atoms with Crippen LogP contribution in [0.2, 0.25) is 0 Å². The van der Waals surface area contributed by atoms with Crippen LogP contribution in [-0.4, -0.2) is 97.0 Å². The molecule has 2 amide bonds. The summed E-state index contributed by atoms with van der Waals surface area (Å²) in [6.07, 6.45) is 2.53. The van der Waals surface area contributed by atoms with Gasteiger partial charge in [-0.25, -0.2) is 19.4 Å². The Morgan fingerprint density at radius 1 is 0.879 bits per heavy atom. The van der Waals surface area contributed by atoms with Crippen LogP contribution in [0.15, 0.2) is 143 Å². The molecule has 2 atom stereocenters. The summed E-state index contributed by atoms with van der Waals surface area (Å²) in [7, 11) is 4.19. The first-order valence-electron chi connectivity index (χ1n) is 20.5. The second-order valence-electron chi connectivity index (χ2n) is 14.4. The largest absolute Gasteiger partial charge is 0.497 e. The third-order valence-corrected chi connectivity index (χ3v) is 12.5. The molecule has 340 valence electrons. The number of ether oxygens (including phenoxy) is 5. The number of anilines is 1. The zero-order valence-electron chi connectivity index (χ0n) is 36.3. The number of hydrogen-bond acceptors (Lipinski definition) is 16. The third kappa shape index (κ3) is 10.1. The number of rotatable bonds is 19. The van der Waals surface area contributed by atoms with Crippen LogP contribution < -0.4 is 20.1 Å². The third-order valence-electron chi connectivity index (χ3n) is 10.5. The number of allylic oxidation sites excluding steroid dienone is 1. The summed E-state index contributed by atoms with van der Waals surface area (Å²) in [6, 6.07) is 33.5. The molecule has 2 aliphatic heterocycles. The summed E-state index contributed by atoms with van der Waals surface area (Å²) in [5.41, 5.74) is 2.31. The standard InChI is InChI=1S/C48H45N5O11S2/c1-5-62-39(55)27-64-52-40(36-29-66-47(49-36)51-48(32-15-9-6-10-16-32,33-17-11-7-12-18-33)34-19-13-8-14-20-34)43(56)50-41-44(57)53-42(31(28-65-45(41)53)22-24-38(54)61-4)46(58)63-26-30-21-23-35(59-2)25-37(30)60-3/h6-25,29,41,45H,5,26-28H2,1-4H3,(H,49,51)(H,50,56)/b24-22-,52-40-/t41-,45-/m1/s1. The molecule has 5 aromatic rings. The average Bonchev–Trinajstić information content (AvgIpc) is 3.82. The number of oxime groups is 1. The highest BCUT2D eigenvalue weighted by molar-refractivity contribution is 8.00. The van der Waals surface area contributed by atoms with Gasteiger partial charge >= 0.3 is 17.9 Å². The first-order chi connectivity index (χ1) is 32.1. The van der Waals surface area contributed by atoms with E-state index in [4.69, 9.17) is 33.5 Å². The molecular formula is C48H45N5O11S2. The number of hydrogen-bond donors (Lipinski definition) is 2. The highest BCUT2D eigenvalue weighted by atomic mass is 32.2. The lowest BCUT2D eigenvalue weighted by molar-refractivity contribution is -0.153. The van der Waals surface area contributed by atoms with E-state index in [-0.39, 0.29) is 36.1 Å². The number of thiazole rings is 1. The number of benzene rings is 4. The van der Waals surface area contributed by atoms with Crippen LogP contribution >= 0.6 is 23.1 Å². The fourth-order valence-electron chi connectivity index (χ4n) is 7.33. The molecule has 7 rings (SSSR count). The molecule has 1 fully saturated rings. The minimum atomic E-state index is -1.15. The average molecular weight is 932 g/mol. The van der Waals surface area contributed by atoms with Crippen molar-refractivity contribution in [1.29, 1.82) is 0 Å². The van der Waals surface area contributed by atoms with E-state index in [1.54, 1.807) is 30.5 Å². The molecule has 0 radical (unpaired) electrons. The van der Waals surface area contributed by atoms with Gasteiger partial charge in [0.15, 0.2) is 10.8 Å². The van der Waals surface area contributed by atoms with Gasteiger partial charge in [-0.1, -0.05) is 96.2 Å². The second kappa shape index (κ2) is 21.5. The molecule has 2 aliphatic rings. The van der Waals surface area contributed by atoms with Gasteiger partial charge in [-0.05, 0) is 47.4 Å². The Labute approximate surface area is 388 Å². The monoisotopic (exact) mass is 931 g/mol. The van der Waals surface area contributed by atoms with Gasteiger partial charge in [-0.3, -0.25) is 14.5 Å². The lowest BCUT2D eigenvalue weighted by atomic mass is 9.77. The summed E-state index contributed by atoms with van der Waals surface area (Å²) in [5.74, 6) is -2.61. The zero-order valence-corrected chi connectivity index (χ0v) is 37.9. The maximum absolute atomic E-state index is 14.3. The summed E-state index contributed by atoms with van der Waals surface area (Å²) in [6.45, 7) is 0.922. The molecule has 1 saturated heterocycles. The highest BCUT2D eigenvalue weighted by Gasteiger charge is 2.54. The van der Waals surface area contributed by atoms with E-state index >= 15 is 0 Å². The minimum Gasteiger partial charge on any atom is -0.497 e. The SMILES string of the molecule is CCOC(=O)CO/N=C(\C(=O)N[C@@H]1C(=O)N2C(C(=O)OCc3ccc(OC)cc3OC)=C(/C=C\C(=O)OC)CS[C@H]12)c1csc(NC(c2ccccc2)(c2ccccc2)c2ccccc2)n1. The van der Waals surface area contributed by atoms with Crippen molar-refractivity contribution >= 4 is 63.7 Å². The molecule has 0 aliphatic carbocycles. The normalized spacial score (nSPS) is 15.8. The molecule has 0 spiro atoms. The quantitative estimate of drug-likeness (QED) is 0.0187.